The second-order valence-corrected chi connectivity index (χ2v) is 8.63. The molecule has 4 rings (SSSR count). The lowest BCUT2D eigenvalue weighted by molar-refractivity contribution is -0.118. The minimum absolute atomic E-state index is 0.0664. The fourth-order valence-electron chi connectivity index (χ4n) is 3.32. The van der Waals surface area contributed by atoms with E-state index in [1.807, 2.05) is 25.1 Å². The van der Waals surface area contributed by atoms with Crippen LogP contribution < -0.4 is 16.6 Å². The van der Waals surface area contributed by atoms with Crippen molar-refractivity contribution in [2.24, 2.45) is 7.05 Å². The van der Waals surface area contributed by atoms with Crippen LogP contribution in [0.1, 0.15) is 18.5 Å². The lowest BCUT2D eigenvalue weighted by Gasteiger charge is -2.13. The van der Waals surface area contributed by atoms with Crippen LogP contribution in [-0.4, -0.2) is 29.6 Å². The van der Waals surface area contributed by atoms with Gasteiger partial charge in [0.05, 0.1) is 6.33 Å². The van der Waals surface area contributed by atoms with Crippen LogP contribution in [0.3, 0.4) is 0 Å². The lowest BCUT2D eigenvalue weighted by Crippen LogP contribution is -2.39. The minimum Gasteiger partial charge on any atom is -0.312 e. The van der Waals surface area contributed by atoms with Gasteiger partial charge in [-0.1, -0.05) is 23.7 Å². The third-order valence-corrected chi connectivity index (χ3v) is 6.54. The molecular weight excluding hydrogens is 466 g/mol. The fourth-order valence-corrected chi connectivity index (χ4v) is 4.25. The van der Waals surface area contributed by atoms with Gasteiger partial charge in [-0.05, 0) is 25.5 Å². The van der Waals surface area contributed by atoms with Gasteiger partial charge in [0.2, 0.25) is 5.91 Å². The van der Waals surface area contributed by atoms with Gasteiger partial charge in [-0.3, -0.25) is 19.0 Å². The molecule has 168 valence electrons. The maximum atomic E-state index is 12.9. The first-order chi connectivity index (χ1) is 15.7. The van der Waals surface area contributed by atoms with E-state index in [-0.39, 0.29) is 11.2 Å². The highest BCUT2D eigenvalue weighted by atomic mass is 35.5. The van der Waals surface area contributed by atoms with Crippen LogP contribution in [0.2, 0.25) is 5.02 Å². The smallest absolute Gasteiger partial charge is 0.312 e. The van der Waals surface area contributed by atoms with Gasteiger partial charge in [-0.15, -0.1) is 11.3 Å². The molecule has 0 fully saturated rings. The highest BCUT2D eigenvalue weighted by Gasteiger charge is 2.23. The van der Waals surface area contributed by atoms with Crippen molar-refractivity contribution in [3.63, 3.8) is 0 Å². The molecule has 12 heteroatoms. The summed E-state index contributed by atoms with van der Waals surface area (Å²) in [6.45, 7) is 10.1. The van der Waals surface area contributed by atoms with Crippen LogP contribution in [0, 0.1) is 13.5 Å². The van der Waals surface area contributed by atoms with E-state index in [4.69, 9.17) is 18.2 Å². The zero-order chi connectivity index (χ0) is 23.9. The van der Waals surface area contributed by atoms with E-state index >= 15 is 0 Å². The molecule has 1 aromatic carbocycles. The van der Waals surface area contributed by atoms with Crippen LogP contribution in [0.5, 0.6) is 0 Å². The molecule has 4 aromatic rings. The summed E-state index contributed by atoms with van der Waals surface area (Å²) in [6, 6.07) is 4.79. The maximum absolute atomic E-state index is 12.9. The Morgan fingerprint density at radius 1 is 1.36 bits per heavy atom. The van der Waals surface area contributed by atoms with Crippen LogP contribution >= 0.6 is 22.9 Å². The number of fused-ring (bicyclic) bond motifs is 1. The van der Waals surface area contributed by atoms with Crippen molar-refractivity contribution >= 4 is 45.8 Å². The monoisotopic (exact) mass is 483 g/mol. The number of carbonyl (C=O) groups excluding carboxylic acids is 1. The summed E-state index contributed by atoms with van der Waals surface area (Å²) in [5.41, 5.74) is 0.686. The molecule has 0 bridgehead atoms. The number of aromatic nitrogens is 5. The van der Waals surface area contributed by atoms with Gasteiger partial charge >= 0.3 is 5.69 Å². The summed E-state index contributed by atoms with van der Waals surface area (Å²) >= 11 is 7.56. The predicted octanol–water partition coefficient (Wildman–Crippen LogP) is 3.06. The molecule has 10 nitrogen and oxygen atoms in total. The molecule has 33 heavy (non-hydrogen) atoms. The number of anilines is 1. The normalized spacial score (nSPS) is 12.0. The predicted molar refractivity (Wildman–Crippen MR) is 126 cm³/mol. The molecule has 1 N–H and O–H groups in total. The molecule has 0 aliphatic rings. The third-order valence-electron chi connectivity index (χ3n) is 5.24. The number of hydrogen-bond donors (Lipinski definition) is 1. The number of halogens is 1. The largest absolute Gasteiger partial charge is 0.338 e. The van der Waals surface area contributed by atoms with Crippen molar-refractivity contribution in [3.05, 3.63) is 72.7 Å². The molecule has 1 amide bonds. The van der Waals surface area contributed by atoms with Crippen LogP contribution in [0.15, 0.2) is 39.5 Å². The topological polar surface area (TPSA) is 108 Å². The number of nitrogens with one attached hydrogen (secondary N) is 1. The van der Waals surface area contributed by atoms with Crippen molar-refractivity contribution in [1.29, 1.82) is 0 Å². The number of carbonyl (C=O) groups is 1. The van der Waals surface area contributed by atoms with Crippen LogP contribution in [-0.2, 0) is 18.5 Å². The number of thiazole rings is 1. The molecular formula is C21H18ClN7O3S. The molecule has 0 saturated heterocycles. The number of aryl methyl sites for hydroxylation is 2. The van der Waals surface area contributed by atoms with E-state index in [1.165, 1.54) is 33.8 Å². The van der Waals surface area contributed by atoms with Gasteiger partial charge in [-0.2, -0.15) is 4.57 Å². The summed E-state index contributed by atoms with van der Waals surface area (Å²) in [4.78, 5) is 49.9. The first-order valence-electron chi connectivity index (χ1n) is 9.75. The first-order valence-corrected chi connectivity index (χ1v) is 11.0. The summed E-state index contributed by atoms with van der Waals surface area (Å²) in [6.07, 6.45) is 1.33. The summed E-state index contributed by atoms with van der Waals surface area (Å²) in [7, 11) is 1.46. The van der Waals surface area contributed by atoms with Crippen LogP contribution in [0.4, 0.5) is 5.82 Å². The maximum Gasteiger partial charge on any atom is 0.338 e. The van der Waals surface area contributed by atoms with Crippen molar-refractivity contribution in [3.8, 4) is 10.6 Å². The van der Waals surface area contributed by atoms with E-state index in [9.17, 15) is 14.4 Å². The quantitative estimate of drug-likeness (QED) is 0.439. The molecule has 0 spiro atoms. The van der Waals surface area contributed by atoms with Gasteiger partial charge < -0.3 is 9.88 Å². The average Bonchev–Trinajstić information content (AvgIpc) is 3.44. The Morgan fingerprint density at radius 3 is 2.82 bits per heavy atom. The molecule has 0 aliphatic carbocycles. The van der Waals surface area contributed by atoms with Gasteiger partial charge in [-0.25, -0.2) is 21.3 Å². The summed E-state index contributed by atoms with van der Waals surface area (Å²) < 4.78 is 3.39. The SMILES string of the molecule is [C-]#[N+]Cn1c(=O)c2c(ncn2[C@@H](C)C(=O)Nc2csc(-c3ccc(C)c(Cl)c3)n2)n(C)c1=O. The molecule has 0 aliphatic heterocycles. The summed E-state index contributed by atoms with van der Waals surface area (Å²) in [5.74, 6) is -0.0520. The number of benzene rings is 1. The number of nitrogens with zero attached hydrogens (tertiary/aromatic N) is 6. The number of hydrogen-bond acceptors (Lipinski definition) is 6. The number of amides is 1. The average molecular weight is 484 g/mol. The number of imidazole rings is 1. The van der Waals surface area contributed by atoms with E-state index in [0.717, 1.165) is 15.7 Å². The van der Waals surface area contributed by atoms with Crippen molar-refractivity contribution in [2.45, 2.75) is 26.6 Å². The van der Waals surface area contributed by atoms with Gasteiger partial charge in [0, 0.05) is 23.0 Å². The standard InChI is InChI=1S/C21H18ClN7O3S/c1-11-5-6-13(7-14(11)22)19-26-15(8-33-19)25-18(30)12(2)28-10-24-17-16(28)20(31)29(9-23-3)21(32)27(17)4/h5-8,10,12H,9H2,1-2,4H3,(H,25,30)/t12-/m0/s1. The lowest BCUT2D eigenvalue weighted by atomic mass is 10.1. The molecule has 0 unspecified atom stereocenters. The fraction of sp³-hybridized carbons (Fsp3) is 0.238. The highest BCUT2D eigenvalue weighted by Crippen LogP contribution is 2.29. The minimum atomic E-state index is -0.833. The Bertz CT molecular complexity index is 1560. The Hall–Kier alpha value is -3.75. The van der Waals surface area contributed by atoms with Crippen molar-refractivity contribution in [2.75, 3.05) is 5.32 Å². The second kappa shape index (κ2) is 8.65. The van der Waals surface area contributed by atoms with Crippen molar-refractivity contribution in [1.82, 2.24) is 23.7 Å². The van der Waals surface area contributed by atoms with E-state index in [1.54, 1.807) is 12.3 Å². The van der Waals surface area contributed by atoms with E-state index in [2.05, 4.69) is 20.1 Å². The first kappa shape index (κ1) is 22.4. The summed E-state index contributed by atoms with van der Waals surface area (Å²) in [5, 5.41) is 5.79. The Labute approximate surface area is 196 Å². The number of rotatable bonds is 5. The second-order valence-electron chi connectivity index (χ2n) is 7.37. The Balaban J connectivity index is 1.64. The van der Waals surface area contributed by atoms with Crippen LogP contribution in [0.25, 0.3) is 26.6 Å². The molecule has 0 radical (unpaired) electrons. The zero-order valence-electron chi connectivity index (χ0n) is 17.9. The van der Waals surface area contributed by atoms with Crippen molar-refractivity contribution < 1.29 is 4.79 Å². The third kappa shape index (κ3) is 3.94. The highest BCUT2D eigenvalue weighted by molar-refractivity contribution is 7.13. The Kier molecular flexibility index (Phi) is 5.88. The molecule has 3 heterocycles. The van der Waals surface area contributed by atoms with Gasteiger partial charge in [0.1, 0.15) is 16.9 Å². The van der Waals surface area contributed by atoms with E-state index in [0.29, 0.717) is 15.8 Å². The molecule has 3 aromatic heterocycles. The molecule has 0 saturated carbocycles. The Morgan fingerprint density at radius 2 is 2.12 bits per heavy atom. The molecule has 1 atom stereocenters. The van der Waals surface area contributed by atoms with Gasteiger partial charge in [0.15, 0.2) is 11.2 Å². The van der Waals surface area contributed by atoms with Gasteiger partial charge in [0.25, 0.3) is 12.2 Å². The zero-order valence-corrected chi connectivity index (χ0v) is 19.4. The van der Waals surface area contributed by atoms with E-state index < -0.39 is 29.9 Å².